The van der Waals surface area contributed by atoms with E-state index >= 15 is 0 Å². The number of imidazole rings is 1. The fourth-order valence-corrected chi connectivity index (χ4v) is 11.3. The van der Waals surface area contributed by atoms with E-state index in [2.05, 4.69) is 115 Å². The van der Waals surface area contributed by atoms with Gasteiger partial charge in [-0.2, -0.15) is 0 Å². The standard InChI is InChI=1S/C38H36N2OSi2/c1-38(2,3)20-12-15-26-25(16-20)39-36-34-23-17-27(42(4,5)6)21-13-10-19-11-14-22-28(43(7,8)9)18-24(35(34)37(41)40(26)36)33-31(22)29(19)30(21)32(23)33/h10-18H,1-9H3. The van der Waals surface area contributed by atoms with Gasteiger partial charge in [0.25, 0.3) is 5.56 Å². The highest BCUT2D eigenvalue weighted by atomic mass is 28.3. The van der Waals surface area contributed by atoms with E-state index in [1.807, 2.05) is 4.40 Å². The van der Waals surface area contributed by atoms with Crippen LogP contribution in [-0.2, 0) is 5.41 Å². The third-order valence-electron chi connectivity index (χ3n) is 10.2. The van der Waals surface area contributed by atoms with Gasteiger partial charge < -0.3 is 0 Å². The molecule has 43 heavy (non-hydrogen) atoms. The van der Waals surface area contributed by atoms with Crippen LogP contribution >= 0.6 is 0 Å². The zero-order valence-electron chi connectivity index (χ0n) is 26.5. The van der Waals surface area contributed by atoms with Crippen LogP contribution < -0.4 is 15.9 Å². The summed E-state index contributed by atoms with van der Waals surface area (Å²) >= 11 is 0. The number of benzene rings is 6. The number of hydrogen-bond donors (Lipinski definition) is 0. The second-order valence-corrected chi connectivity index (χ2v) is 26.1. The molecule has 0 spiro atoms. The highest BCUT2D eigenvalue weighted by Gasteiger charge is 2.32. The monoisotopic (exact) mass is 592 g/mol. The summed E-state index contributed by atoms with van der Waals surface area (Å²) in [4.78, 5) is 20.0. The van der Waals surface area contributed by atoms with E-state index < -0.39 is 16.1 Å². The number of hydrogen-bond acceptors (Lipinski definition) is 2. The number of rotatable bonds is 2. The molecule has 5 heteroatoms. The lowest BCUT2D eigenvalue weighted by atomic mass is 9.87. The van der Waals surface area contributed by atoms with E-state index in [0.29, 0.717) is 0 Å². The number of nitrogens with zero attached hydrogens (tertiary/aromatic N) is 2. The van der Waals surface area contributed by atoms with Gasteiger partial charge >= 0.3 is 0 Å². The molecular weight excluding hydrogens is 557 g/mol. The average Bonchev–Trinajstić information content (AvgIpc) is 3.57. The van der Waals surface area contributed by atoms with Crippen molar-refractivity contribution in [1.82, 2.24) is 9.38 Å². The van der Waals surface area contributed by atoms with Gasteiger partial charge in [0, 0.05) is 5.39 Å². The van der Waals surface area contributed by atoms with Gasteiger partial charge in [-0.1, -0.05) is 113 Å². The fourth-order valence-electron chi connectivity index (χ4n) is 8.15. The zero-order chi connectivity index (χ0) is 30.1. The Morgan fingerprint density at radius 2 is 1.14 bits per heavy atom. The molecule has 0 aliphatic carbocycles. The molecule has 0 N–H and O–H groups in total. The molecule has 0 aliphatic heterocycles. The Balaban J connectivity index is 1.64. The van der Waals surface area contributed by atoms with Crippen molar-refractivity contribution < 1.29 is 0 Å². The van der Waals surface area contributed by atoms with Crippen molar-refractivity contribution >= 4 is 108 Å². The molecule has 0 fully saturated rings. The van der Waals surface area contributed by atoms with Gasteiger partial charge in [0.15, 0.2) is 0 Å². The molecule has 0 bridgehead atoms. The molecule has 0 radical (unpaired) electrons. The lowest BCUT2D eigenvalue weighted by molar-refractivity contribution is 0.591. The predicted molar refractivity (Wildman–Crippen MR) is 193 cm³/mol. The van der Waals surface area contributed by atoms with Crippen LogP contribution in [0.4, 0.5) is 0 Å². The molecule has 0 amide bonds. The van der Waals surface area contributed by atoms with Crippen molar-refractivity contribution in [1.29, 1.82) is 0 Å². The first-order valence-corrected chi connectivity index (χ1v) is 22.5. The van der Waals surface area contributed by atoms with E-state index in [1.54, 1.807) is 0 Å². The Kier molecular flexibility index (Phi) is 4.45. The summed E-state index contributed by atoms with van der Waals surface area (Å²) in [5, 5.41) is 17.9. The average molecular weight is 593 g/mol. The molecule has 9 aromatic rings. The van der Waals surface area contributed by atoms with Crippen molar-refractivity contribution in [2.24, 2.45) is 0 Å². The minimum atomic E-state index is -1.77. The van der Waals surface area contributed by atoms with Crippen molar-refractivity contribution in [3.8, 4) is 0 Å². The third kappa shape index (κ3) is 3.00. The first kappa shape index (κ1) is 25.7. The highest BCUT2D eigenvalue weighted by Crippen LogP contribution is 2.51. The Labute approximate surface area is 252 Å². The predicted octanol–water partition coefficient (Wildman–Crippen LogP) is 8.91. The lowest BCUT2D eigenvalue weighted by Crippen LogP contribution is -2.38. The van der Waals surface area contributed by atoms with Crippen LogP contribution in [0.5, 0.6) is 0 Å². The molecule has 0 saturated heterocycles. The van der Waals surface area contributed by atoms with Gasteiger partial charge in [-0.25, -0.2) is 4.98 Å². The topological polar surface area (TPSA) is 34.4 Å². The Morgan fingerprint density at radius 3 is 1.67 bits per heavy atom. The van der Waals surface area contributed by atoms with E-state index in [0.717, 1.165) is 32.8 Å². The van der Waals surface area contributed by atoms with Gasteiger partial charge in [-0.05, 0) is 77.0 Å². The van der Waals surface area contributed by atoms with Gasteiger partial charge in [-0.3, -0.25) is 9.20 Å². The largest absolute Gasteiger partial charge is 0.268 e. The molecular formula is C38H36N2OSi2. The molecule has 2 aromatic heterocycles. The van der Waals surface area contributed by atoms with Gasteiger partial charge in [0.1, 0.15) is 5.65 Å². The van der Waals surface area contributed by atoms with Crippen molar-refractivity contribution in [2.45, 2.75) is 65.5 Å². The fraction of sp³-hybridized carbons (Fsp3) is 0.263. The maximum absolute atomic E-state index is 14.8. The van der Waals surface area contributed by atoms with Gasteiger partial charge in [-0.15, -0.1) is 0 Å². The number of fused-ring (bicyclic) bond motifs is 7. The van der Waals surface area contributed by atoms with Crippen LogP contribution in [0.1, 0.15) is 26.3 Å². The zero-order valence-corrected chi connectivity index (χ0v) is 28.5. The Morgan fingerprint density at radius 1 is 0.605 bits per heavy atom. The first-order chi connectivity index (χ1) is 20.2. The second kappa shape index (κ2) is 7.45. The van der Waals surface area contributed by atoms with Crippen LogP contribution in [0.25, 0.3) is 81.3 Å². The minimum absolute atomic E-state index is 0.00668. The van der Waals surface area contributed by atoms with E-state index in [4.69, 9.17) is 4.98 Å². The molecule has 0 atom stereocenters. The quantitative estimate of drug-likeness (QED) is 0.148. The molecule has 0 saturated carbocycles. The van der Waals surface area contributed by atoms with Crippen molar-refractivity contribution in [3.05, 3.63) is 70.5 Å². The summed E-state index contributed by atoms with van der Waals surface area (Å²) in [6.07, 6.45) is 0. The summed E-state index contributed by atoms with van der Waals surface area (Å²) in [6, 6.07) is 20.7. The van der Waals surface area contributed by atoms with Crippen molar-refractivity contribution in [2.75, 3.05) is 0 Å². The smallest absolute Gasteiger partial charge is 0.265 e. The van der Waals surface area contributed by atoms with Crippen LogP contribution in [0, 0.1) is 0 Å². The summed E-state index contributed by atoms with van der Waals surface area (Å²) in [6.45, 7) is 21.3. The molecule has 0 aliphatic rings. The second-order valence-electron chi connectivity index (χ2n) is 16.0. The molecule has 0 unspecified atom stereocenters. The van der Waals surface area contributed by atoms with Gasteiger partial charge in [0.05, 0.1) is 32.6 Å². The van der Waals surface area contributed by atoms with Crippen LogP contribution in [0.15, 0.2) is 59.4 Å². The SMILES string of the molecule is CC(C)(C)c1ccc2c(c1)nc1c3c4cc([Si](C)(C)C)c5ccc6ccc7c([Si](C)(C)C)cc(c3c(=O)n21)c1c7c6c5c41. The maximum atomic E-state index is 14.8. The Bertz CT molecular complexity index is 2670. The highest BCUT2D eigenvalue weighted by molar-refractivity contribution is 6.91. The molecule has 2 heterocycles. The molecule has 7 aromatic carbocycles. The summed E-state index contributed by atoms with van der Waals surface area (Å²) in [5.74, 6) is 0. The number of aromatic nitrogens is 2. The normalized spacial score (nSPS) is 14.3. The molecule has 212 valence electrons. The first-order valence-electron chi connectivity index (χ1n) is 15.5. The third-order valence-corrected chi connectivity index (χ3v) is 14.3. The molecule has 9 rings (SSSR count). The van der Waals surface area contributed by atoms with Crippen LogP contribution in [-0.4, -0.2) is 25.5 Å². The summed E-state index contributed by atoms with van der Waals surface area (Å²) in [5.41, 5.74) is 3.92. The maximum Gasteiger partial charge on any atom is 0.265 e. The molecule has 3 nitrogen and oxygen atoms in total. The van der Waals surface area contributed by atoms with E-state index in [1.165, 1.54) is 64.4 Å². The summed E-state index contributed by atoms with van der Waals surface area (Å²) < 4.78 is 1.91. The van der Waals surface area contributed by atoms with Crippen LogP contribution in [0.2, 0.25) is 39.3 Å². The lowest BCUT2D eigenvalue weighted by Gasteiger charge is -2.21. The van der Waals surface area contributed by atoms with Crippen LogP contribution in [0.3, 0.4) is 0 Å². The van der Waals surface area contributed by atoms with E-state index in [-0.39, 0.29) is 11.0 Å². The van der Waals surface area contributed by atoms with Crippen molar-refractivity contribution in [3.63, 3.8) is 0 Å². The Hall–Kier alpha value is -3.81. The van der Waals surface area contributed by atoms with E-state index in [9.17, 15) is 4.79 Å². The van der Waals surface area contributed by atoms with Gasteiger partial charge in [0.2, 0.25) is 0 Å². The minimum Gasteiger partial charge on any atom is -0.268 e. The summed E-state index contributed by atoms with van der Waals surface area (Å²) in [7, 11) is -3.52.